The van der Waals surface area contributed by atoms with Crippen molar-refractivity contribution in [2.24, 2.45) is 5.73 Å². The molecule has 0 saturated carbocycles. The largest absolute Gasteiger partial charge is 0.407 e. The van der Waals surface area contributed by atoms with Crippen LogP contribution in [0.1, 0.15) is 11.6 Å². The molecule has 0 radical (unpaired) electrons. The molecule has 0 aromatic heterocycles. The zero-order valence-corrected chi connectivity index (χ0v) is 7.53. The maximum absolute atomic E-state index is 12.7. The molecular weight excluding hydrogens is 222 g/mol. The van der Waals surface area contributed by atoms with E-state index in [-0.39, 0.29) is 10.6 Å². The number of nitrogens with two attached hydrogens (primary N) is 1. The van der Waals surface area contributed by atoms with Gasteiger partial charge in [0, 0.05) is 5.02 Å². The van der Waals surface area contributed by atoms with Gasteiger partial charge in [-0.3, -0.25) is 0 Å². The van der Waals surface area contributed by atoms with Crippen LogP contribution in [-0.4, -0.2) is 6.18 Å². The van der Waals surface area contributed by atoms with Gasteiger partial charge in [0.2, 0.25) is 0 Å². The summed E-state index contributed by atoms with van der Waals surface area (Å²) in [6.07, 6.45) is -4.60. The minimum absolute atomic E-state index is 0.111. The van der Waals surface area contributed by atoms with Gasteiger partial charge in [0.1, 0.15) is 11.9 Å². The highest BCUT2D eigenvalue weighted by Crippen LogP contribution is 2.31. The third-order valence-corrected chi connectivity index (χ3v) is 1.81. The molecule has 0 amide bonds. The van der Waals surface area contributed by atoms with Gasteiger partial charge >= 0.3 is 6.18 Å². The molecule has 0 heterocycles. The Morgan fingerprint density at radius 1 is 1.21 bits per heavy atom. The Bertz CT molecular complexity index is 316. The van der Waals surface area contributed by atoms with Crippen molar-refractivity contribution in [1.82, 2.24) is 0 Å². The van der Waals surface area contributed by atoms with Gasteiger partial charge in [0.05, 0.1) is 0 Å². The molecule has 2 N–H and O–H groups in total. The fraction of sp³-hybridized carbons (Fsp3) is 0.250. The van der Waals surface area contributed by atoms with Crippen LogP contribution in [0.15, 0.2) is 18.2 Å². The van der Waals surface area contributed by atoms with E-state index in [9.17, 15) is 17.6 Å². The maximum atomic E-state index is 12.7. The third-order valence-electron chi connectivity index (χ3n) is 1.60. The van der Waals surface area contributed by atoms with Crippen LogP contribution in [0.4, 0.5) is 17.6 Å². The Morgan fingerprint density at radius 3 is 2.21 bits per heavy atom. The van der Waals surface area contributed by atoms with Crippen LogP contribution in [-0.2, 0) is 0 Å². The predicted octanol–water partition coefficient (Wildman–Crippen LogP) is 3.04. The van der Waals surface area contributed by atoms with Crippen molar-refractivity contribution in [2.75, 3.05) is 0 Å². The van der Waals surface area contributed by atoms with Crippen molar-refractivity contribution in [3.8, 4) is 0 Å². The number of benzene rings is 1. The van der Waals surface area contributed by atoms with E-state index < -0.39 is 18.0 Å². The Labute approximate surface area is 82.5 Å². The molecule has 0 bridgehead atoms. The van der Waals surface area contributed by atoms with Gasteiger partial charge < -0.3 is 5.73 Å². The Kier molecular flexibility index (Phi) is 3.01. The predicted molar refractivity (Wildman–Crippen MR) is 44.4 cm³/mol. The van der Waals surface area contributed by atoms with Crippen LogP contribution in [0.3, 0.4) is 0 Å². The normalized spacial score (nSPS) is 14.1. The standard InChI is InChI=1S/C8H6ClF4N/c9-5-1-4(2-6(10)3-5)7(14)8(11,12)13/h1-3,7H,14H2/t7-/m1/s1. The first-order valence-electron chi connectivity index (χ1n) is 3.59. The fourth-order valence-corrected chi connectivity index (χ4v) is 1.17. The van der Waals surface area contributed by atoms with Gasteiger partial charge in [-0.1, -0.05) is 11.6 Å². The maximum Gasteiger partial charge on any atom is 0.407 e. The van der Waals surface area contributed by atoms with Crippen LogP contribution >= 0.6 is 11.6 Å². The van der Waals surface area contributed by atoms with E-state index in [1.165, 1.54) is 0 Å². The molecule has 0 aliphatic carbocycles. The minimum atomic E-state index is -4.60. The second-order valence-electron chi connectivity index (χ2n) is 2.72. The monoisotopic (exact) mass is 227 g/mol. The summed E-state index contributed by atoms with van der Waals surface area (Å²) in [7, 11) is 0. The van der Waals surface area contributed by atoms with Crippen LogP contribution in [0.5, 0.6) is 0 Å². The Balaban J connectivity index is 3.07. The fourth-order valence-electron chi connectivity index (χ4n) is 0.944. The summed E-state index contributed by atoms with van der Waals surface area (Å²) in [6, 6.07) is 0.400. The van der Waals surface area contributed by atoms with Gasteiger partial charge in [0.25, 0.3) is 0 Å². The topological polar surface area (TPSA) is 26.0 Å². The van der Waals surface area contributed by atoms with Crippen LogP contribution in [0.2, 0.25) is 5.02 Å². The van der Waals surface area contributed by atoms with Gasteiger partial charge in [-0.25, -0.2) is 4.39 Å². The molecule has 1 aromatic carbocycles. The lowest BCUT2D eigenvalue weighted by Crippen LogP contribution is -2.28. The van der Waals surface area contributed by atoms with Crippen LogP contribution < -0.4 is 5.73 Å². The molecule has 0 spiro atoms. The zero-order valence-electron chi connectivity index (χ0n) is 6.78. The zero-order chi connectivity index (χ0) is 10.9. The molecule has 0 aliphatic rings. The molecule has 0 aliphatic heterocycles. The van der Waals surface area contributed by atoms with E-state index in [1.54, 1.807) is 0 Å². The molecule has 14 heavy (non-hydrogen) atoms. The lowest BCUT2D eigenvalue weighted by atomic mass is 10.1. The average Bonchev–Trinajstić information content (AvgIpc) is 1.99. The van der Waals surface area contributed by atoms with E-state index >= 15 is 0 Å². The Morgan fingerprint density at radius 2 is 1.79 bits per heavy atom. The summed E-state index contributed by atoms with van der Waals surface area (Å²) in [4.78, 5) is 0. The summed E-state index contributed by atoms with van der Waals surface area (Å²) in [5, 5.41) is -0.111. The second-order valence-corrected chi connectivity index (χ2v) is 3.16. The van der Waals surface area contributed by atoms with Crippen molar-refractivity contribution < 1.29 is 17.6 Å². The lowest BCUT2D eigenvalue weighted by molar-refractivity contribution is -0.149. The molecule has 0 saturated heterocycles. The molecule has 1 rings (SSSR count). The van der Waals surface area contributed by atoms with E-state index in [2.05, 4.69) is 0 Å². The van der Waals surface area contributed by atoms with Crippen LogP contribution in [0, 0.1) is 5.82 Å². The quantitative estimate of drug-likeness (QED) is 0.734. The number of alkyl halides is 3. The van der Waals surface area contributed by atoms with E-state index in [0.717, 1.165) is 12.1 Å². The SMILES string of the molecule is N[C@H](c1cc(F)cc(Cl)c1)C(F)(F)F. The molecule has 1 atom stereocenters. The third kappa shape index (κ3) is 2.59. The van der Waals surface area contributed by atoms with Crippen LogP contribution in [0.25, 0.3) is 0 Å². The smallest absolute Gasteiger partial charge is 0.316 e. The first-order chi connectivity index (χ1) is 6.30. The summed E-state index contributed by atoms with van der Waals surface area (Å²) in [5.74, 6) is -0.841. The van der Waals surface area contributed by atoms with Gasteiger partial charge in [0.15, 0.2) is 0 Å². The summed E-state index contributed by atoms with van der Waals surface area (Å²) < 4.78 is 49.0. The molecule has 78 valence electrons. The summed E-state index contributed by atoms with van der Waals surface area (Å²) >= 11 is 5.38. The molecule has 6 heteroatoms. The number of rotatable bonds is 1. The second kappa shape index (κ2) is 3.74. The molecule has 0 fully saturated rings. The highest BCUT2D eigenvalue weighted by atomic mass is 35.5. The number of hydrogen-bond acceptors (Lipinski definition) is 1. The first-order valence-corrected chi connectivity index (χ1v) is 3.97. The lowest BCUT2D eigenvalue weighted by Gasteiger charge is -2.15. The average molecular weight is 228 g/mol. The minimum Gasteiger partial charge on any atom is -0.316 e. The van der Waals surface area contributed by atoms with Crippen molar-refractivity contribution in [3.63, 3.8) is 0 Å². The number of halogens is 5. The number of hydrogen-bond donors (Lipinski definition) is 1. The van der Waals surface area contributed by atoms with E-state index in [0.29, 0.717) is 6.07 Å². The summed E-state index contributed by atoms with van der Waals surface area (Å²) in [6.45, 7) is 0. The summed E-state index contributed by atoms with van der Waals surface area (Å²) in [5.41, 5.74) is 4.47. The molecule has 1 aromatic rings. The van der Waals surface area contributed by atoms with Gasteiger partial charge in [-0.15, -0.1) is 0 Å². The van der Waals surface area contributed by atoms with Crippen molar-refractivity contribution in [3.05, 3.63) is 34.6 Å². The molecule has 1 nitrogen and oxygen atoms in total. The van der Waals surface area contributed by atoms with Gasteiger partial charge in [-0.05, 0) is 23.8 Å². The van der Waals surface area contributed by atoms with Gasteiger partial charge in [-0.2, -0.15) is 13.2 Å². The molecule has 0 unspecified atom stereocenters. The van der Waals surface area contributed by atoms with Crippen molar-refractivity contribution in [1.29, 1.82) is 0 Å². The van der Waals surface area contributed by atoms with E-state index in [1.807, 2.05) is 0 Å². The first kappa shape index (κ1) is 11.3. The van der Waals surface area contributed by atoms with Crippen molar-refractivity contribution >= 4 is 11.6 Å². The molecular formula is C8H6ClF4N. The van der Waals surface area contributed by atoms with E-state index in [4.69, 9.17) is 17.3 Å². The Hall–Kier alpha value is -0.810. The highest BCUT2D eigenvalue weighted by molar-refractivity contribution is 6.30. The van der Waals surface area contributed by atoms with Crippen molar-refractivity contribution in [2.45, 2.75) is 12.2 Å². The highest BCUT2D eigenvalue weighted by Gasteiger charge is 2.38.